The zero-order chi connectivity index (χ0) is 31.5. The van der Waals surface area contributed by atoms with E-state index >= 15 is 0 Å². The molecule has 1 aliphatic rings. The Morgan fingerprint density at radius 1 is 0.909 bits per heavy atom. The third-order valence-electron chi connectivity index (χ3n) is 8.19. The molecule has 0 saturated carbocycles. The number of nitrogens with zero attached hydrogens (tertiary/aromatic N) is 1. The molecule has 1 amide bonds. The van der Waals surface area contributed by atoms with E-state index in [2.05, 4.69) is 10.2 Å². The smallest absolute Gasteiger partial charge is 0.303 e. The van der Waals surface area contributed by atoms with Crippen LogP contribution in [0.4, 0.5) is 0 Å². The van der Waals surface area contributed by atoms with Gasteiger partial charge in [-0.05, 0) is 49.1 Å². The number of carbonyl (C=O) groups is 2. The number of benzene rings is 3. The monoisotopic (exact) mass is 604 g/mol. The van der Waals surface area contributed by atoms with Crippen molar-refractivity contribution in [2.45, 2.75) is 82.8 Å². The van der Waals surface area contributed by atoms with Gasteiger partial charge in [-0.1, -0.05) is 78.9 Å². The van der Waals surface area contributed by atoms with Gasteiger partial charge in [-0.2, -0.15) is 0 Å². The summed E-state index contributed by atoms with van der Waals surface area (Å²) < 4.78 is 13.0. The van der Waals surface area contributed by atoms with Gasteiger partial charge in [0.05, 0.1) is 24.9 Å². The maximum Gasteiger partial charge on any atom is 0.303 e. The van der Waals surface area contributed by atoms with E-state index in [0.29, 0.717) is 38.8 Å². The summed E-state index contributed by atoms with van der Waals surface area (Å²) in [5.41, 5.74) is 4.49. The molecule has 1 saturated heterocycles. The van der Waals surface area contributed by atoms with Gasteiger partial charge in [-0.15, -0.1) is 0 Å². The van der Waals surface area contributed by atoms with Crippen LogP contribution in [0.2, 0.25) is 0 Å². The summed E-state index contributed by atoms with van der Waals surface area (Å²) in [5, 5.41) is 32.1. The van der Waals surface area contributed by atoms with E-state index in [1.165, 1.54) is 0 Å². The standard InChI is InChI=1S/C35H44N2O7/c1-24(34(42)28-8-4-3-5-9-28)37(2)22-30-20-31(27-16-14-26(23-38)15-17-27)44-35(43-30)29-18-12-25(13-19-29)21-36-32(39)10-6-7-11-33(40)41/h3-5,8-9,12-19,24,30-31,34-35,38,42H,6-7,10-11,20-23H2,1-2H3,(H,36,39)(H,40,41)/t24-,30+,31-,34-,35-/m1/s1. The van der Waals surface area contributed by atoms with Crippen molar-refractivity contribution in [2.24, 2.45) is 0 Å². The third-order valence-corrected chi connectivity index (χ3v) is 8.19. The van der Waals surface area contributed by atoms with Crippen LogP contribution in [-0.4, -0.2) is 57.8 Å². The number of amides is 1. The number of hydrogen-bond acceptors (Lipinski definition) is 7. The van der Waals surface area contributed by atoms with E-state index in [1.54, 1.807) is 0 Å². The SMILES string of the molecule is C[C@H]([C@@H](O)c1ccccc1)N(C)C[C@@H]1C[C@H](c2ccc(CO)cc2)O[C@H](c2ccc(CNC(=O)CCCCC(=O)O)cc2)O1. The van der Waals surface area contributed by atoms with Gasteiger partial charge in [0.15, 0.2) is 6.29 Å². The highest BCUT2D eigenvalue weighted by Crippen LogP contribution is 2.38. The molecule has 9 heteroatoms. The normalized spacial score (nSPS) is 19.8. The molecule has 4 rings (SSSR count). The molecule has 3 aromatic carbocycles. The summed E-state index contributed by atoms with van der Waals surface area (Å²) in [7, 11) is 1.99. The van der Waals surface area contributed by atoms with E-state index in [9.17, 15) is 19.8 Å². The molecule has 0 spiro atoms. The fourth-order valence-electron chi connectivity index (χ4n) is 5.33. The fourth-order valence-corrected chi connectivity index (χ4v) is 5.33. The summed E-state index contributed by atoms with van der Waals surface area (Å²) in [6, 6.07) is 25.0. The second kappa shape index (κ2) is 16.5. The summed E-state index contributed by atoms with van der Waals surface area (Å²) in [4.78, 5) is 24.9. The lowest BCUT2D eigenvalue weighted by atomic mass is 9.98. The van der Waals surface area contributed by atoms with Gasteiger partial charge < -0.3 is 30.1 Å². The van der Waals surface area contributed by atoms with Crippen LogP contribution < -0.4 is 5.32 Å². The lowest BCUT2D eigenvalue weighted by Crippen LogP contribution is -2.43. The second-order valence-electron chi connectivity index (χ2n) is 11.5. The van der Waals surface area contributed by atoms with Crippen LogP contribution in [0.15, 0.2) is 78.9 Å². The lowest BCUT2D eigenvalue weighted by Gasteiger charge is -2.39. The van der Waals surface area contributed by atoms with Gasteiger partial charge in [0, 0.05) is 44.0 Å². The Morgan fingerprint density at radius 2 is 1.55 bits per heavy atom. The molecule has 44 heavy (non-hydrogen) atoms. The predicted molar refractivity (Wildman–Crippen MR) is 166 cm³/mol. The van der Waals surface area contributed by atoms with Gasteiger partial charge in [-0.25, -0.2) is 0 Å². The number of unbranched alkanes of at least 4 members (excludes halogenated alkanes) is 1. The van der Waals surface area contributed by atoms with E-state index < -0.39 is 18.4 Å². The van der Waals surface area contributed by atoms with Crippen LogP contribution in [0, 0.1) is 0 Å². The fraction of sp³-hybridized carbons (Fsp3) is 0.429. The molecule has 0 radical (unpaired) electrons. The Bertz CT molecular complexity index is 1320. The number of carbonyl (C=O) groups excluding carboxylic acids is 1. The molecule has 3 aromatic rings. The van der Waals surface area contributed by atoms with Crippen molar-refractivity contribution in [1.29, 1.82) is 0 Å². The molecule has 1 fully saturated rings. The van der Waals surface area contributed by atoms with E-state index in [4.69, 9.17) is 14.6 Å². The zero-order valence-corrected chi connectivity index (χ0v) is 25.5. The van der Waals surface area contributed by atoms with Crippen molar-refractivity contribution in [3.05, 3.63) is 107 Å². The zero-order valence-electron chi connectivity index (χ0n) is 25.5. The minimum Gasteiger partial charge on any atom is -0.481 e. The van der Waals surface area contributed by atoms with Gasteiger partial charge >= 0.3 is 5.97 Å². The average Bonchev–Trinajstić information content (AvgIpc) is 3.05. The number of likely N-dealkylation sites (N-methyl/N-ethyl adjacent to an activating group) is 1. The number of aliphatic hydroxyl groups excluding tert-OH is 2. The van der Waals surface area contributed by atoms with Crippen molar-refractivity contribution in [3.63, 3.8) is 0 Å². The van der Waals surface area contributed by atoms with Crippen molar-refractivity contribution in [2.75, 3.05) is 13.6 Å². The largest absolute Gasteiger partial charge is 0.481 e. The van der Waals surface area contributed by atoms with Crippen LogP contribution >= 0.6 is 0 Å². The van der Waals surface area contributed by atoms with Gasteiger partial charge in [0.2, 0.25) is 5.91 Å². The van der Waals surface area contributed by atoms with Gasteiger partial charge in [0.1, 0.15) is 0 Å². The number of hydrogen-bond donors (Lipinski definition) is 4. The van der Waals surface area contributed by atoms with Crippen LogP contribution in [0.1, 0.15) is 85.3 Å². The van der Waals surface area contributed by atoms with Crippen LogP contribution in [0.25, 0.3) is 0 Å². The minimum absolute atomic E-state index is 0.0237. The van der Waals surface area contributed by atoms with Crippen LogP contribution in [-0.2, 0) is 32.2 Å². The first kappa shape index (κ1) is 33.3. The minimum atomic E-state index is -0.850. The first-order valence-corrected chi connectivity index (χ1v) is 15.2. The van der Waals surface area contributed by atoms with Crippen molar-refractivity contribution < 1.29 is 34.4 Å². The second-order valence-corrected chi connectivity index (χ2v) is 11.5. The molecule has 1 heterocycles. The van der Waals surface area contributed by atoms with E-state index in [-0.39, 0.29) is 37.2 Å². The maximum atomic E-state index is 12.1. The molecule has 4 N–H and O–H groups in total. The quantitative estimate of drug-likeness (QED) is 0.178. The topological polar surface area (TPSA) is 129 Å². The highest BCUT2D eigenvalue weighted by Gasteiger charge is 2.34. The molecular formula is C35H44N2O7. The number of carboxylic acid groups (broad SMARTS) is 1. The molecule has 0 unspecified atom stereocenters. The van der Waals surface area contributed by atoms with Crippen molar-refractivity contribution >= 4 is 11.9 Å². The van der Waals surface area contributed by atoms with Crippen molar-refractivity contribution in [3.8, 4) is 0 Å². The molecule has 0 bridgehead atoms. The van der Waals surface area contributed by atoms with E-state index in [0.717, 1.165) is 27.8 Å². The molecular weight excluding hydrogens is 560 g/mol. The molecule has 0 aliphatic carbocycles. The Balaban J connectivity index is 1.41. The number of carboxylic acids is 1. The summed E-state index contributed by atoms with van der Waals surface area (Å²) in [6.07, 6.45) is 0.360. The molecule has 1 aliphatic heterocycles. The Kier molecular flexibility index (Phi) is 12.5. The molecule has 0 aromatic heterocycles. The number of aliphatic hydroxyl groups is 2. The number of aliphatic carboxylic acids is 1. The third kappa shape index (κ3) is 9.70. The highest BCUT2D eigenvalue weighted by molar-refractivity contribution is 5.75. The summed E-state index contributed by atoms with van der Waals surface area (Å²) >= 11 is 0. The molecule has 5 atom stereocenters. The maximum absolute atomic E-state index is 12.1. The Morgan fingerprint density at radius 3 is 2.20 bits per heavy atom. The number of rotatable bonds is 15. The van der Waals surface area contributed by atoms with Gasteiger partial charge in [0.25, 0.3) is 0 Å². The first-order chi connectivity index (χ1) is 21.2. The van der Waals surface area contributed by atoms with Crippen LogP contribution in [0.3, 0.4) is 0 Å². The lowest BCUT2D eigenvalue weighted by molar-refractivity contribution is -0.253. The number of nitrogens with one attached hydrogen (secondary N) is 1. The Hall–Kier alpha value is -3.60. The average molecular weight is 605 g/mol. The van der Waals surface area contributed by atoms with Crippen LogP contribution in [0.5, 0.6) is 0 Å². The highest BCUT2D eigenvalue weighted by atomic mass is 16.7. The van der Waals surface area contributed by atoms with E-state index in [1.807, 2.05) is 92.8 Å². The van der Waals surface area contributed by atoms with Gasteiger partial charge in [-0.3, -0.25) is 14.5 Å². The van der Waals surface area contributed by atoms with Crippen molar-refractivity contribution in [1.82, 2.24) is 10.2 Å². The Labute approximate surface area is 259 Å². The molecule has 236 valence electrons. The molecule has 9 nitrogen and oxygen atoms in total. The number of ether oxygens (including phenoxy) is 2. The summed E-state index contributed by atoms with van der Waals surface area (Å²) in [5.74, 6) is -0.954. The first-order valence-electron chi connectivity index (χ1n) is 15.2. The predicted octanol–water partition coefficient (Wildman–Crippen LogP) is 5.04. The summed E-state index contributed by atoms with van der Waals surface area (Å²) in [6.45, 7) is 2.95.